The molecule has 9 heteroatoms. The van der Waals surface area contributed by atoms with Crippen molar-refractivity contribution in [3.63, 3.8) is 0 Å². The van der Waals surface area contributed by atoms with Crippen LogP contribution in [0.25, 0.3) is 11.1 Å². The molecule has 182 valence electrons. The first-order valence-electron chi connectivity index (χ1n) is 12.2. The van der Waals surface area contributed by atoms with Crippen LogP contribution < -0.4 is 20.3 Å². The van der Waals surface area contributed by atoms with E-state index in [0.717, 1.165) is 71.7 Å². The summed E-state index contributed by atoms with van der Waals surface area (Å²) in [7, 11) is 1.81. The number of hydrogen-bond acceptors (Lipinski definition) is 8. The lowest BCUT2D eigenvalue weighted by Gasteiger charge is -2.46. The summed E-state index contributed by atoms with van der Waals surface area (Å²) in [6.45, 7) is 9.05. The third-order valence-corrected chi connectivity index (χ3v) is 7.25. The summed E-state index contributed by atoms with van der Waals surface area (Å²) >= 11 is 0. The molecule has 35 heavy (non-hydrogen) atoms. The normalized spacial score (nSPS) is 20.5. The number of aromatic nitrogens is 4. The number of ether oxygens (including phenoxy) is 1. The fourth-order valence-electron chi connectivity index (χ4n) is 5.26. The molecule has 8 nitrogen and oxygen atoms in total. The number of fused-ring (bicyclic) bond motifs is 4. The molecule has 2 atom stereocenters. The van der Waals surface area contributed by atoms with Gasteiger partial charge in [0.25, 0.3) is 0 Å². The van der Waals surface area contributed by atoms with Crippen molar-refractivity contribution in [3.05, 3.63) is 47.4 Å². The van der Waals surface area contributed by atoms with Gasteiger partial charge < -0.3 is 20.3 Å². The molecule has 2 aromatic heterocycles. The van der Waals surface area contributed by atoms with Crippen LogP contribution in [0.2, 0.25) is 0 Å². The van der Waals surface area contributed by atoms with Crippen LogP contribution in [-0.4, -0.2) is 52.7 Å². The van der Waals surface area contributed by atoms with Gasteiger partial charge in [0.15, 0.2) is 5.75 Å². The summed E-state index contributed by atoms with van der Waals surface area (Å²) in [6, 6.07) is 3.85. The molecule has 1 aliphatic carbocycles. The highest BCUT2D eigenvalue weighted by atomic mass is 19.1. The van der Waals surface area contributed by atoms with Crippen LogP contribution in [0.4, 0.5) is 15.9 Å². The Morgan fingerprint density at radius 2 is 1.97 bits per heavy atom. The number of nitrogens with one attached hydrogen (secondary N) is 2. The van der Waals surface area contributed by atoms with Crippen LogP contribution in [0.5, 0.6) is 11.8 Å². The van der Waals surface area contributed by atoms with Crippen LogP contribution in [0.15, 0.2) is 24.5 Å². The molecule has 0 bridgehead atoms. The van der Waals surface area contributed by atoms with Gasteiger partial charge in [0.05, 0.1) is 18.1 Å². The molecule has 0 saturated carbocycles. The summed E-state index contributed by atoms with van der Waals surface area (Å²) < 4.78 is 20.6. The zero-order valence-electron chi connectivity index (χ0n) is 20.5. The predicted molar refractivity (Wildman–Crippen MR) is 133 cm³/mol. The van der Waals surface area contributed by atoms with Crippen molar-refractivity contribution in [1.29, 1.82) is 0 Å². The maximum Gasteiger partial charge on any atom is 0.324 e. The second-order valence-electron chi connectivity index (χ2n) is 10.7. The molecule has 4 heterocycles. The molecule has 2 saturated heterocycles. The SMILES string of the molecule is CNc1cc(F)cc2c1Cc1nc(Oc3cnc(C(C)(C)C)nc3)nc(N3CCC4CNC4C3)c1-2. The molecule has 3 aliphatic rings. The van der Waals surface area contributed by atoms with Gasteiger partial charge >= 0.3 is 6.01 Å². The molecule has 3 aromatic rings. The molecule has 1 aromatic carbocycles. The lowest BCUT2D eigenvalue weighted by atomic mass is 9.85. The van der Waals surface area contributed by atoms with Crippen LogP contribution in [0.1, 0.15) is 44.3 Å². The van der Waals surface area contributed by atoms with E-state index in [1.807, 2.05) is 7.05 Å². The van der Waals surface area contributed by atoms with Gasteiger partial charge in [0, 0.05) is 49.3 Å². The summed E-state index contributed by atoms with van der Waals surface area (Å²) in [4.78, 5) is 20.8. The smallest absolute Gasteiger partial charge is 0.324 e. The van der Waals surface area contributed by atoms with Crippen LogP contribution in [0, 0.1) is 11.7 Å². The van der Waals surface area contributed by atoms with E-state index in [9.17, 15) is 4.39 Å². The zero-order valence-corrected chi connectivity index (χ0v) is 20.5. The van der Waals surface area contributed by atoms with Crippen molar-refractivity contribution in [2.75, 3.05) is 36.9 Å². The molecule has 2 aliphatic heterocycles. The lowest BCUT2D eigenvalue weighted by Crippen LogP contribution is -2.62. The van der Waals surface area contributed by atoms with E-state index in [4.69, 9.17) is 14.7 Å². The molecule has 2 fully saturated rings. The van der Waals surface area contributed by atoms with Crippen LogP contribution >= 0.6 is 0 Å². The number of anilines is 2. The van der Waals surface area contributed by atoms with Gasteiger partial charge in [-0.25, -0.2) is 14.4 Å². The highest BCUT2D eigenvalue weighted by molar-refractivity contribution is 5.88. The van der Waals surface area contributed by atoms with Gasteiger partial charge in [0.2, 0.25) is 0 Å². The van der Waals surface area contributed by atoms with Gasteiger partial charge in [-0.15, -0.1) is 0 Å². The van der Waals surface area contributed by atoms with E-state index in [2.05, 4.69) is 46.3 Å². The summed E-state index contributed by atoms with van der Waals surface area (Å²) in [6.07, 6.45) is 5.02. The molecule has 2 unspecified atom stereocenters. The van der Waals surface area contributed by atoms with Crippen LogP contribution in [-0.2, 0) is 11.8 Å². The Kier molecular flexibility index (Phi) is 5.14. The maximum absolute atomic E-state index is 14.5. The van der Waals surface area contributed by atoms with Crippen molar-refractivity contribution < 1.29 is 9.13 Å². The van der Waals surface area contributed by atoms with E-state index in [-0.39, 0.29) is 17.2 Å². The van der Waals surface area contributed by atoms with Gasteiger partial charge in [-0.1, -0.05) is 20.8 Å². The van der Waals surface area contributed by atoms with E-state index in [1.54, 1.807) is 18.5 Å². The third kappa shape index (κ3) is 3.87. The molecular formula is C26H30FN7O. The molecular weight excluding hydrogens is 445 g/mol. The zero-order chi connectivity index (χ0) is 24.3. The standard InChI is InChI=1S/C26H30FN7O/c1-26(2,3)24-30-11-16(12-31-24)35-25-32-20-9-17-18(7-15(27)8-19(17)28-4)22(20)23(33-25)34-6-5-14-10-29-21(14)13-34/h7-8,11-12,14,21,28-29H,5-6,9-10,13H2,1-4H3. The summed E-state index contributed by atoms with van der Waals surface area (Å²) in [5.41, 5.74) is 4.26. The fourth-order valence-corrected chi connectivity index (χ4v) is 5.26. The van der Waals surface area contributed by atoms with E-state index < -0.39 is 0 Å². The van der Waals surface area contributed by atoms with Gasteiger partial charge in [0.1, 0.15) is 17.5 Å². The van der Waals surface area contributed by atoms with E-state index in [1.165, 1.54) is 6.07 Å². The van der Waals surface area contributed by atoms with Crippen molar-refractivity contribution in [3.8, 4) is 22.9 Å². The highest BCUT2D eigenvalue weighted by Gasteiger charge is 2.38. The minimum atomic E-state index is -0.275. The number of hydrogen-bond donors (Lipinski definition) is 2. The molecule has 0 amide bonds. The Bertz CT molecular complexity index is 1290. The summed E-state index contributed by atoms with van der Waals surface area (Å²) in [5, 5.41) is 6.67. The monoisotopic (exact) mass is 475 g/mol. The Morgan fingerprint density at radius 1 is 1.17 bits per heavy atom. The topological polar surface area (TPSA) is 88.1 Å². The average molecular weight is 476 g/mol. The molecule has 0 spiro atoms. The number of piperidine rings is 1. The highest BCUT2D eigenvalue weighted by Crippen LogP contribution is 2.46. The van der Waals surface area contributed by atoms with E-state index in [0.29, 0.717) is 18.2 Å². The second-order valence-corrected chi connectivity index (χ2v) is 10.7. The number of halogens is 1. The fraction of sp³-hybridized carbons (Fsp3) is 0.462. The Labute approximate surface area is 204 Å². The van der Waals surface area contributed by atoms with Crippen LogP contribution in [0.3, 0.4) is 0 Å². The third-order valence-electron chi connectivity index (χ3n) is 7.25. The first kappa shape index (κ1) is 22.2. The number of benzene rings is 1. The Balaban J connectivity index is 1.41. The minimum absolute atomic E-state index is 0.149. The molecule has 6 rings (SSSR count). The van der Waals surface area contributed by atoms with Gasteiger partial charge in [-0.3, -0.25) is 0 Å². The van der Waals surface area contributed by atoms with Crippen molar-refractivity contribution in [2.45, 2.75) is 45.1 Å². The average Bonchev–Trinajstić information content (AvgIpc) is 3.17. The van der Waals surface area contributed by atoms with Crippen molar-refractivity contribution >= 4 is 11.5 Å². The number of rotatable bonds is 4. The first-order chi connectivity index (χ1) is 16.8. The minimum Gasteiger partial charge on any atom is -0.421 e. The molecule has 0 radical (unpaired) electrons. The second kappa shape index (κ2) is 8.12. The summed E-state index contributed by atoms with van der Waals surface area (Å²) in [5.74, 6) is 2.48. The largest absolute Gasteiger partial charge is 0.421 e. The lowest BCUT2D eigenvalue weighted by molar-refractivity contribution is 0.196. The van der Waals surface area contributed by atoms with Crippen molar-refractivity contribution in [2.24, 2.45) is 5.92 Å². The Hall–Kier alpha value is -3.33. The van der Waals surface area contributed by atoms with Gasteiger partial charge in [-0.05, 0) is 42.1 Å². The van der Waals surface area contributed by atoms with Crippen molar-refractivity contribution in [1.82, 2.24) is 25.3 Å². The van der Waals surface area contributed by atoms with Gasteiger partial charge in [-0.2, -0.15) is 9.97 Å². The predicted octanol–water partition coefficient (Wildman–Crippen LogP) is 3.91. The van der Waals surface area contributed by atoms with E-state index >= 15 is 0 Å². The first-order valence-corrected chi connectivity index (χ1v) is 12.2. The quantitative estimate of drug-likeness (QED) is 0.459. The maximum atomic E-state index is 14.5. The number of nitrogens with zero attached hydrogens (tertiary/aromatic N) is 5. The Morgan fingerprint density at radius 3 is 2.63 bits per heavy atom. The molecule has 2 N–H and O–H groups in total.